The third-order valence-corrected chi connectivity index (χ3v) is 6.16. The largest absolute Gasteiger partial charge is 0.416 e. The first-order valence-electron chi connectivity index (χ1n) is 10.6. The van der Waals surface area contributed by atoms with Gasteiger partial charge in [-0.3, -0.25) is 4.79 Å². The zero-order valence-corrected chi connectivity index (χ0v) is 17.4. The van der Waals surface area contributed by atoms with Crippen molar-refractivity contribution in [3.63, 3.8) is 0 Å². The Morgan fingerprint density at radius 1 is 1.16 bits per heavy atom. The number of alkyl halides is 3. The molecule has 1 N–H and O–H groups in total. The first-order chi connectivity index (χ1) is 15.2. The molecule has 3 saturated heterocycles. The van der Waals surface area contributed by atoms with Crippen molar-refractivity contribution in [2.24, 2.45) is 0 Å². The van der Waals surface area contributed by atoms with Gasteiger partial charge in [0, 0.05) is 31.7 Å². The summed E-state index contributed by atoms with van der Waals surface area (Å²) in [6.45, 7) is 1.81. The van der Waals surface area contributed by atoms with E-state index in [1.54, 1.807) is 9.80 Å². The van der Waals surface area contributed by atoms with Crippen LogP contribution < -0.4 is 5.32 Å². The molecule has 0 aliphatic carbocycles. The zero-order chi connectivity index (χ0) is 22.9. The Kier molecular flexibility index (Phi) is 6.57. The van der Waals surface area contributed by atoms with Crippen molar-refractivity contribution in [2.45, 2.75) is 50.3 Å². The third-order valence-electron chi connectivity index (χ3n) is 6.16. The van der Waals surface area contributed by atoms with Crippen LogP contribution in [0.15, 0.2) is 18.2 Å². The molecular formula is C21H25F4N3O4. The second kappa shape index (κ2) is 9.22. The minimum absolute atomic E-state index is 0.0546. The summed E-state index contributed by atoms with van der Waals surface area (Å²) in [5.74, 6) is -1.13. The van der Waals surface area contributed by atoms with Crippen LogP contribution in [0.2, 0.25) is 0 Å². The van der Waals surface area contributed by atoms with Gasteiger partial charge in [0.05, 0.1) is 30.4 Å². The van der Waals surface area contributed by atoms with Crippen LogP contribution in [0.1, 0.15) is 30.4 Å². The number of fused-ring (bicyclic) bond motifs is 1. The third kappa shape index (κ3) is 5.15. The fraction of sp³-hybridized carbons (Fsp3) is 0.619. The van der Waals surface area contributed by atoms with Gasteiger partial charge < -0.3 is 24.6 Å². The number of urea groups is 1. The van der Waals surface area contributed by atoms with Crippen LogP contribution in [0.4, 0.5) is 22.4 Å². The molecule has 32 heavy (non-hydrogen) atoms. The number of carbonyl (C=O) groups excluding carboxylic acids is 2. The molecule has 3 heterocycles. The van der Waals surface area contributed by atoms with E-state index in [-0.39, 0.29) is 49.0 Å². The number of hydrogen-bond acceptors (Lipinski definition) is 4. The van der Waals surface area contributed by atoms with E-state index in [1.165, 1.54) is 0 Å². The summed E-state index contributed by atoms with van der Waals surface area (Å²) >= 11 is 0. The number of piperidine rings is 2. The topological polar surface area (TPSA) is 71.1 Å². The number of rotatable bonds is 3. The molecule has 176 valence electrons. The predicted molar refractivity (Wildman–Crippen MR) is 104 cm³/mol. The predicted octanol–water partition coefficient (Wildman–Crippen LogP) is 2.53. The molecule has 1 aromatic rings. The van der Waals surface area contributed by atoms with E-state index in [2.05, 4.69) is 5.32 Å². The number of hydrogen-bond donors (Lipinski definition) is 1. The summed E-state index contributed by atoms with van der Waals surface area (Å²) < 4.78 is 63.1. The average molecular weight is 459 g/mol. The van der Waals surface area contributed by atoms with E-state index in [1.807, 2.05) is 0 Å². The lowest BCUT2D eigenvalue weighted by Crippen LogP contribution is -2.62. The maximum atomic E-state index is 14.0. The van der Waals surface area contributed by atoms with Gasteiger partial charge in [0.15, 0.2) is 0 Å². The van der Waals surface area contributed by atoms with Crippen molar-refractivity contribution in [1.29, 1.82) is 0 Å². The lowest BCUT2D eigenvalue weighted by atomic mass is 10.0. The maximum absolute atomic E-state index is 14.0. The number of carbonyl (C=O) groups is 2. The van der Waals surface area contributed by atoms with Crippen LogP contribution in [0, 0.1) is 5.82 Å². The van der Waals surface area contributed by atoms with E-state index in [0.29, 0.717) is 51.5 Å². The summed E-state index contributed by atoms with van der Waals surface area (Å²) in [5, 5.41) is 2.87. The van der Waals surface area contributed by atoms with Gasteiger partial charge in [-0.15, -0.1) is 0 Å². The maximum Gasteiger partial charge on any atom is 0.416 e. The summed E-state index contributed by atoms with van der Waals surface area (Å²) in [5.41, 5.74) is -0.968. The van der Waals surface area contributed by atoms with Crippen LogP contribution in [-0.2, 0) is 27.1 Å². The molecule has 0 bridgehead atoms. The minimum Gasteiger partial charge on any atom is -0.373 e. The zero-order valence-electron chi connectivity index (χ0n) is 17.4. The molecule has 11 heteroatoms. The molecule has 0 saturated carbocycles. The van der Waals surface area contributed by atoms with Crippen LogP contribution in [0.3, 0.4) is 0 Å². The van der Waals surface area contributed by atoms with Gasteiger partial charge in [0.25, 0.3) is 0 Å². The molecule has 0 aromatic heterocycles. The number of amides is 3. The molecule has 3 aliphatic rings. The summed E-state index contributed by atoms with van der Waals surface area (Å²) in [7, 11) is 0. The Labute approximate surface area is 182 Å². The highest BCUT2D eigenvalue weighted by Crippen LogP contribution is 2.30. The Balaban J connectivity index is 1.24. The van der Waals surface area contributed by atoms with E-state index >= 15 is 0 Å². The molecule has 2 atom stereocenters. The van der Waals surface area contributed by atoms with E-state index in [9.17, 15) is 27.2 Å². The van der Waals surface area contributed by atoms with Gasteiger partial charge >= 0.3 is 12.2 Å². The van der Waals surface area contributed by atoms with Gasteiger partial charge in [-0.1, -0.05) is 6.07 Å². The van der Waals surface area contributed by atoms with Gasteiger partial charge in [0.1, 0.15) is 12.4 Å². The van der Waals surface area contributed by atoms with E-state index in [0.717, 1.165) is 12.1 Å². The monoisotopic (exact) mass is 459 g/mol. The number of halogens is 4. The quantitative estimate of drug-likeness (QED) is 0.706. The minimum atomic E-state index is -4.59. The highest BCUT2D eigenvalue weighted by atomic mass is 19.4. The van der Waals surface area contributed by atoms with Crippen molar-refractivity contribution in [2.75, 3.05) is 32.8 Å². The summed E-state index contributed by atoms with van der Waals surface area (Å²) in [4.78, 5) is 27.9. The lowest BCUT2D eigenvalue weighted by Gasteiger charge is -2.43. The van der Waals surface area contributed by atoms with Gasteiger partial charge in [-0.25, -0.2) is 9.18 Å². The Morgan fingerprint density at radius 2 is 1.88 bits per heavy atom. The van der Waals surface area contributed by atoms with E-state index in [4.69, 9.17) is 9.47 Å². The Morgan fingerprint density at radius 3 is 2.56 bits per heavy atom. The molecule has 4 rings (SSSR count). The molecule has 3 aliphatic heterocycles. The van der Waals surface area contributed by atoms with Crippen molar-refractivity contribution >= 4 is 11.9 Å². The first-order valence-corrected chi connectivity index (χ1v) is 10.6. The van der Waals surface area contributed by atoms with Gasteiger partial charge in [-0.05, 0) is 31.4 Å². The molecule has 3 amide bonds. The fourth-order valence-electron chi connectivity index (χ4n) is 4.34. The van der Waals surface area contributed by atoms with E-state index < -0.39 is 17.6 Å². The second-order valence-electron chi connectivity index (χ2n) is 8.34. The number of benzene rings is 1. The average Bonchev–Trinajstić information content (AvgIpc) is 2.77. The summed E-state index contributed by atoms with van der Waals surface area (Å²) in [6.07, 6.45) is -3.11. The normalized spacial score (nSPS) is 24.8. The summed E-state index contributed by atoms with van der Waals surface area (Å²) in [6, 6.07) is 2.10. The first kappa shape index (κ1) is 22.8. The Bertz CT molecular complexity index is 858. The van der Waals surface area contributed by atoms with Crippen LogP contribution in [-0.4, -0.2) is 72.8 Å². The molecule has 0 radical (unpaired) electrons. The molecule has 0 spiro atoms. The molecule has 1 aromatic carbocycles. The smallest absolute Gasteiger partial charge is 0.373 e. The Hall–Kier alpha value is -2.40. The molecule has 7 nitrogen and oxygen atoms in total. The van der Waals surface area contributed by atoms with Gasteiger partial charge in [-0.2, -0.15) is 13.2 Å². The fourth-order valence-corrected chi connectivity index (χ4v) is 4.34. The number of nitrogens with zero attached hydrogens (tertiary/aromatic N) is 2. The number of likely N-dealkylation sites (tertiary alicyclic amines) is 2. The van der Waals surface area contributed by atoms with Crippen LogP contribution in [0.5, 0.6) is 0 Å². The van der Waals surface area contributed by atoms with Crippen molar-refractivity contribution in [3.05, 3.63) is 35.1 Å². The lowest BCUT2D eigenvalue weighted by molar-refractivity contribution is -0.140. The second-order valence-corrected chi connectivity index (χ2v) is 8.34. The SMILES string of the molecule is O=C1CO[C@H]2CCN(C(=O)N3CCC(OCc4ccc(C(F)(F)F)cc4F)CC3)C[C@H]2N1. The number of ether oxygens (including phenoxy) is 2. The highest BCUT2D eigenvalue weighted by Gasteiger charge is 2.38. The van der Waals surface area contributed by atoms with Crippen molar-refractivity contribution < 1.29 is 36.6 Å². The number of morpholine rings is 1. The highest BCUT2D eigenvalue weighted by molar-refractivity contribution is 5.79. The molecule has 0 unspecified atom stereocenters. The van der Waals surface area contributed by atoms with Gasteiger partial charge in [0.2, 0.25) is 5.91 Å². The van der Waals surface area contributed by atoms with Crippen molar-refractivity contribution in [3.8, 4) is 0 Å². The van der Waals surface area contributed by atoms with Crippen molar-refractivity contribution in [1.82, 2.24) is 15.1 Å². The van der Waals surface area contributed by atoms with Crippen LogP contribution >= 0.6 is 0 Å². The van der Waals surface area contributed by atoms with Crippen LogP contribution in [0.25, 0.3) is 0 Å². The molecule has 3 fully saturated rings. The molecular weight excluding hydrogens is 434 g/mol. The number of nitrogens with one attached hydrogen (secondary N) is 1. The standard InChI is InChI=1S/C21H25F4N3O4/c22-16-9-14(21(23,24)25)2-1-13(16)11-31-15-3-6-27(7-4-15)20(30)28-8-5-18-17(10-28)26-19(29)12-32-18/h1-2,9,15,17-18H,3-8,10-12H2,(H,26,29)/t17-,18+/m1/s1.